The van der Waals surface area contributed by atoms with Gasteiger partial charge in [-0.3, -0.25) is 9.10 Å². The molecule has 0 N–H and O–H groups in total. The number of para-hydroxylation sites is 2. The molecule has 1 amide bonds. The fourth-order valence-corrected chi connectivity index (χ4v) is 4.22. The molecule has 1 atom stereocenters. The Morgan fingerprint density at radius 2 is 1.90 bits per heavy atom. The highest BCUT2D eigenvalue weighted by Gasteiger charge is 2.36. The second-order valence-corrected chi connectivity index (χ2v) is 9.35. The number of nitrogens with zero attached hydrogens (tertiary/aromatic N) is 4. The molecule has 0 saturated carbocycles. The topological polar surface area (TPSA) is 106 Å². The maximum Gasteiger partial charge on any atom is 0.265 e. The van der Waals surface area contributed by atoms with E-state index in [-0.39, 0.29) is 19.0 Å². The van der Waals surface area contributed by atoms with Gasteiger partial charge in [0.25, 0.3) is 5.91 Å². The summed E-state index contributed by atoms with van der Waals surface area (Å²) in [6.45, 7) is 1.94. The molecule has 1 unspecified atom stereocenters. The number of fused-ring (bicyclic) bond motifs is 1. The van der Waals surface area contributed by atoms with Gasteiger partial charge in [0.15, 0.2) is 6.10 Å². The summed E-state index contributed by atoms with van der Waals surface area (Å²) >= 11 is 0. The Bertz CT molecular complexity index is 1210. The summed E-state index contributed by atoms with van der Waals surface area (Å²) in [6, 6.07) is 14.4. The largest absolute Gasteiger partial charge is 0.476 e. The molecule has 9 nitrogen and oxygen atoms in total. The molecule has 3 aromatic rings. The molecular formula is C21H22N4O5S. The van der Waals surface area contributed by atoms with Gasteiger partial charge in [-0.1, -0.05) is 47.1 Å². The summed E-state index contributed by atoms with van der Waals surface area (Å²) in [5.74, 6) is 0.646. The number of benzene rings is 2. The third-order valence-corrected chi connectivity index (χ3v) is 6.08. The van der Waals surface area contributed by atoms with Crippen LogP contribution in [0.3, 0.4) is 0 Å². The summed E-state index contributed by atoms with van der Waals surface area (Å²) in [7, 11) is -2.00. The number of ether oxygens (including phenoxy) is 1. The standard InChI is InChI=1S/C21H22N4O5S/c1-14-8-10-15(11-9-14)20-22-19(30-23-20)13-24(2)21(26)18-12-25(31(3,27)28)16-6-4-5-7-17(16)29-18/h4-11,18H,12-13H2,1-3H3. The molecule has 0 saturated heterocycles. The normalized spacial score (nSPS) is 15.8. The zero-order valence-electron chi connectivity index (χ0n) is 17.3. The number of hydrogen-bond acceptors (Lipinski definition) is 7. The molecule has 10 heteroatoms. The van der Waals surface area contributed by atoms with Crippen LogP contribution < -0.4 is 9.04 Å². The van der Waals surface area contributed by atoms with Gasteiger partial charge in [0.1, 0.15) is 5.75 Å². The highest BCUT2D eigenvalue weighted by molar-refractivity contribution is 7.92. The first-order valence-electron chi connectivity index (χ1n) is 9.60. The summed E-state index contributed by atoms with van der Waals surface area (Å²) < 4.78 is 36.8. The van der Waals surface area contributed by atoms with Crippen LogP contribution >= 0.6 is 0 Å². The van der Waals surface area contributed by atoms with Crippen molar-refractivity contribution in [2.45, 2.75) is 19.6 Å². The van der Waals surface area contributed by atoms with Crippen molar-refractivity contribution in [2.75, 3.05) is 24.2 Å². The van der Waals surface area contributed by atoms with Gasteiger partial charge in [-0.25, -0.2) is 8.42 Å². The van der Waals surface area contributed by atoms with E-state index in [2.05, 4.69) is 10.1 Å². The lowest BCUT2D eigenvalue weighted by Crippen LogP contribution is -2.50. The second-order valence-electron chi connectivity index (χ2n) is 7.44. The van der Waals surface area contributed by atoms with E-state index in [0.29, 0.717) is 17.3 Å². The average Bonchev–Trinajstić information content (AvgIpc) is 3.20. The number of likely N-dealkylation sites (N-methyl/N-ethyl adjacent to an activating group) is 1. The van der Waals surface area contributed by atoms with Crippen molar-refractivity contribution in [1.82, 2.24) is 15.0 Å². The summed E-state index contributed by atoms with van der Waals surface area (Å²) in [5.41, 5.74) is 2.34. The molecule has 1 aliphatic heterocycles. The molecule has 162 valence electrons. The second kappa shape index (κ2) is 8.03. The minimum absolute atomic E-state index is 0.0675. The van der Waals surface area contributed by atoms with Gasteiger partial charge in [-0.05, 0) is 19.1 Å². The van der Waals surface area contributed by atoms with E-state index in [1.54, 1.807) is 31.3 Å². The third kappa shape index (κ3) is 4.38. The van der Waals surface area contributed by atoms with Gasteiger partial charge in [0.2, 0.25) is 21.7 Å². The van der Waals surface area contributed by atoms with Crippen LogP contribution in [-0.2, 0) is 21.4 Å². The molecule has 0 fully saturated rings. The van der Waals surface area contributed by atoms with Crippen LogP contribution in [0, 0.1) is 6.92 Å². The number of aryl methyl sites for hydroxylation is 1. The van der Waals surface area contributed by atoms with Crippen LogP contribution in [0.5, 0.6) is 5.75 Å². The van der Waals surface area contributed by atoms with Crippen LogP contribution in [0.15, 0.2) is 53.1 Å². The molecule has 1 aliphatic rings. The molecule has 4 rings (SSSR count). The van der Waals surface area contributed by atoms with E-state index >= 15 is 0 Å². The van der Waals surface area contributed by atoms with Crippen LogP contribution in [0.25, 0.3) is 11.4 Å². The molecule has 31 heavy (non-hydrogen) atoms. The van der Waals surface area contributed by atoms with E-state index in [1.165, 1.54) is 9.21 Å². The number of rotatable bonds is 5. The summed E-state index contributed by atoms with van der Waals surface area (Å²) in [6.07, 6.45) is 0.111. The first-order valence-corrected chi connectivity index (χ1v) is 11.5. The van der Waals surface area contributed by atoms with E-state index in [0.717, 1.165) is 17.4 Å². The Morgan fingerprint density at radius 3 is 2.61 bits per heavy atom. The lowest BCUT2D eigenvalue weighted by Gasteiger charge is -2.35. The third-order valence-electron chi connectivity index (χ3n) is 4.94. The molecule has 1 aromatic heterocycles. The molecule has 0 spiro atoms. The predicted octanol–water partition coefficient (Wildman–Crippen LogP) is 2.23. The highest BCUT2D eigenvalue weighted by Crippen LogP contribution is 2.35. The maximum atomic E-state index is 13.0. The van der Waals surface area contributed by atoms with Crippen LogP contribution in [0.4, 0.5) is 5.69 Å². The van der Waals surface area contributed by atoms with Crippen molar-refractivity contribution in [3.8, 4) is 17.1 Å². The maximum absolute atomic E-state index is 13.0. The van der Waals surface area contributed by atoms with Crippen LogP contribution in [0.2, 0.25) is 0 Å². The first-order chi connectivity index (χ1) is 14.7. The van der Waals surface area contributed by atoms with Gasteiger partial charge in [-0.2, -0.15) is 4.98 Å². The van der Waals surface area contributed by atoms with Crippen molar-refractivity contribution in [3.63, 3.8) is 0 Å². The van der Waals surface area contributed by atoms with Gasteiger partial charge >= 0.3 is 0 Å². The quantitative estimate of drug-likeness (QED) is 0.596. The summed E-state index contributed by atoms with van der Waals surface area (Å²) in [4.78, 5) is 18.7. The number of sulfonamides is 1. The minimum atomic E-state index is -3.58. The molecule has 2 heterocycles. The molecular weight excluding hydrogens is 420 g/mol. The number of carbonyl (C=O) groups excluding carboxylic acids is 1. The van der Waals surface area contributed by atoms with E-state index in [1.807, 2.05) is 31.2 Å². The van der Waals surface area contributed by atoms with E-state index in [9.17, 15) is 13.2 Å². The molecule has 0 aliphatic carbocycles. The Kier molecular flexibility index (Phi) is 5.40. The number of aromatic nitrogens is 2. The zero-order valence-corrected chi connectivity index (χ0v) is 18.2. The minimum Gasteiger partial charge on any atom is -0.476 e. The number of amides is 1. The van der Waals surface area contributed by atoms with Gasteiger partial charge in [-0.15, -0.1) is 0 Å². The smallest absolute Gasteiger partial charge is 0.265 e. The van der Waals surface area contributed by atoms with Crippen molar-refractivity contribution in [3.05, 3.63) is 60.0 Å². The monoisotopic (exact) mass is 442 g/mol. The van der Waals surface area contributed by atoms with Crippen molar-refractivity contribution < 1.29 is 22.5 Å². The molecule has 0 radical (unpaired) electrons. The van der Waals surface area contributed by atoms with Crippen molar-refractivity contribution >= 4 is 21.6 Å². The fourth-order valence-electron chi connectivity index (χ4n) is 3.31. The molecule has 2 aromatic carbocycles. The average molecular weight is 442 g/mol. The Morgan fingerprint density at radius 1 is 1.19 bits per heavy atom. The van der Waals surface area contributed by atoms with Crippen LogP contribution in [0.1, 0.15) is 11.5 Å². The van der Waals surface area contributed by atoms with Gasteiger partial charge < -0.3 is 14.2 Å². The number of anilines is 1. The number of carbonyl (C=O) groups is 1. The first kappa shape index (κ1) is 20.9. The molecule has 0 bridgehead atoms. The lowest BCUT2D eigenvalue weighted by molar-refractivity contribution is -0.138. The van der Waals surface area contributed by atoms with E-state index < -0.39 is 22.0 Å². The predicted molar refractivity (Wildman–Crippen MR) is 114 cm³/mol. The zero-order chi connectivity index (χ0) is 22.2. The SMILES string of the molecule is Cc1ccc(-c2noc(CN(C)C(=O)C3CN(S(C)(=O)=O)c4ccccc4O3)n2)cc1. The van der Waals surface area contributed by atoms with Gasteiger partial charge in [0.05, 0.1) is 25.0 Å². The lowest BCUT2D eigenvalue weighted by atomic mass is 10.1. The van der Waals surface area contributed by atoms with Crippen LogP contribution in [-0.4, -0.2) is 55.3 Å². The van der Waals surface area contributed by atoms with Gasteiger partial charge in [0, 0.05) is 12.6 Å². The number of hydrogen-bond donors (Lipinski definition) is 0. The Labute approximate surface area is 180 Å². The highest BCUT2D eigenvalue weighted by atomic mass is 32.2. The fraction of sp³-hybridized carbons (Fsp3) is 0.286. The summed E-state index contributed by atoms with van der Waals surface area (Å²) in [5, 5.41) is 3.97. The Hall–Kier alpha value is -3.40. The van der Waals surface area contributed by atoms with Crippen molar-refractivity contribution in [1.29, 1.82) is 0 Å². The Balaban J connectivity index is 1.49. The van der Waals surface area contributed by atoms with E-state index in [4.69, 9.17) is 9.26 Å². The van der Waals surface area contributed by atoms with Crippen molar-refractivity contribution in [2.24, 2.45) is 0 Å².